The number of hydrogen-bond acceptors (Lipinski definition) is 2. The molecular weight excluding hydrogens is 236 g/mol. The minimum absolute atomic E-state index is 0.170. The van der Waals surface area contributed by atoms with Crippen LogP contribution < -0.4 is 10.5 Å². The van der Waals surface area contributed by atoms with Gasteiger partial charge in [-0.25, -0.2) is 0 Å². The monoisotopic (exact) mass is 258 g/mol. The SMILES string of the molecule is CCOc1ccc2[nH]cc(C3(CN)CCCC3)c2c1. The molecule has 0 spiro atoms. The molecule has 0 unspecified atom stereocenters. The Balaban J connectivity index is 2.10. The number of nitrogens with two attached hydrogens (primary N) is 1. The van der Waals surface area contributed by atoms with Crippen molar-refractivity contribution >= 4 is 10.9 Å². The highest BCUT2D eigenvalue weighted by molar-refractivity contribution is 5.85. The van der Waals surface area contributed by atoms with Crippen LogP contribution >= 0.6 is 0 Å². The van der Waals surface area contributed by atoms with E-state index in [1.54, 1.807) is 0 Å². The summed E-state index contributed by atoms with van der Waals surface area (Å²) in [5, 5.41) is 1.28. The molecule has 1 aliphatic carbocycles. The van der Waals surface area contributed by atoms with Crippen LogP contribution in [0.4, 0.5) is 0 Å². The largest absolute Gasteiger partial charge is 0.494 e. The van der Waals surface area contributed by atoms with Gasteiger partial charge in [0.2, 0.25) is 0 Å². The lowest BCUT2D eigenvalue weighted by molar-refractivity contribution is 0.340. The number of H-pyrrole nitrogens is 1. The van der Waals surface area contributed by atoms with Crippen molar-refractivity contribution in [3.63, 3.8) is 0 Å². The molecule has 102 valence electrons. The predicted octanol–water partition coefficient (Wildman–Crippen LogP) is 3.34. The van der Waals surface area contributed by atoms with Crippen molar-refractivity contribution in [2.75, 3.05) is 13.2 Å². The van der Waals surface area contributed by atoms with E-state index in [0.29, 0.717) is 6.61 Å². The molecule has 1 aromatic heterocycles. The van der Waals surface area contributed by atoms with Crippen molar-refractivity contribution in [2.45, 2.75) is 38.0 Å². The molecule has 1 aromatic carbocycles. The fourth-order valence-corrected chi connectivity index (χ4v) is 3.43. The van der Waals surface area contributed by atoms with Gasteiger partial charge in [0.1, 0.15) is 5.75 Å². The van der Waals surface area contributed by atoms with E-state index in [1.807, 2.05) is 13.0 Å². The maximum atomic E-state index is 6.10. The summed E-state index contributed by atoms with van der Waals surface area (Å²) in [7, 11) is 0. The van der Waals surface area contributed by atoms with Crippen LogP contribution in [-0.2, 0) is 5.41 Å². The molecule has 3 rings (SSSR count). The Kier molecular flexibility index (Phi) is 3.23. The number of hydrogen-bond donors (Lipinski definition) is 2. The topological polar surface area (TPSA) is 51.0 Å². The van der Waals surface area contributed by atoms with Crippen LogP contribution in [-0.4, -0.2) is 18.1 Å². The zero-order valence-electron chi connectivity index (χ0n) is 11.5. The zero-order valence-corrected chi connectivity index (χ0v) is 11.5. The number of benzene rings is 1. The van der Waals surface area contributed by atoms with E-state index in [0.717, 1.165) is 12.3 Å². The number of aromatic nitrogens is 1. The van der Waals surface area contributed by atoms with Gasteiger partial charge in [-0.15, -0.1) is 0 Å². The third kappa shape index (κ3) is 2.02. The average molecular weight is 258 g/mol. The normalized spacial score (nSPS) is 18.0. The second-order valence-corrected chi connectivity index (χ2v) is 5.53. The highest BCUT2D eigenvalue weighted by atomic mass is 16.5. The average Bonchev–Trinajstić information content (AvgIpc) is 3.05. The third-order valence-electron chi connectivity index (χ3n) is 4.49. The Labute approximate surface area is 114 Å². The van der Waals surface area contributed by atoms with E-state index in [-0.39, 0.29) is 5.41 Å². The Morgan fingerprint density at radius 3 is 2.79 bits per heavy atom. The highest BCUT2D eigenvalue weighted by Crippen LogP contribution is 2.43. The van der Waals surface area contributed by atoms with Crippen molar-refractivity contribution < 1.29 is 4.74 Å². The Bertz CT molecular complexity index is 567. The first kappa shape index (κ1) is 12.5. The lowest BCUT2D eigenvalue weighted by atomic mass is 9.79. The van der Waals surface area contributed by atoms with Crippen molar-refractivity contribution in [3.8, 4) is 5.75 Å². The molecule has 3 nitrogen and oxygen atoms in total. The molecular formula is C16H22N2O. The van der Waals surface area contributed by atoms with Gasteiger partial charge < -0.3 is 15.5 Å². The maximum Gasteiger partial charge on any atom is 0.120 e. The van der Waals surface area contributed by atoms with E-state index in [1.165, 1.54) is 42.1 Å². The number of ether oxygens (including phenoxy) is 1. The van der Waals surface area contributed by atoms with E-state index in [4.69, 9.17) is 10.5 Å². The summed E-state index contributed by atoms with van der Waals surface area (Å²) in [5.74, 6) is 0.945. The maximum absolute atomic E-state index is 6.10. The van der Waals surface area contributed by atoms with Crippen LogP contribution in [0.2, 0.25) is 0 Å². The summed E-state index contributed by atoms with van der Waals surface area (Å²) in [5.41, 5.74) is 8.83. The number of rotatable bonds is 4. The third-order valence-corrected chi connectivity index (χ3v) is 4.49. The Morgan fingerprint density at radius 2 is 2.11 bits per heavy atom. The van der Waals surface area contributed by atoms with E-state index in [9.17, 15) is 0 Å². The van der Waals surface area contributed by atoms with Crippen LogP contribution in [0.25, 0.3) is 10.9 Å². The fraction of sp³-hybridized carbons (Fsp3) is 0.500. The molecule has 1 aliphatic rings. The molecule has 0 atom stereocenters. The number of nitrogens with one attached hydrogen (secondary N) is 1. The number of aromatic amines is 1. The van der Waals surface area contributed by atoms with E-state index < -0.39 is 0 Å². The van der Waals surface area contributed by atoms with Crippen molar-refractivity contribution in [3.05, 3.63) is 30.0 Å². The van der Waals surface area contributed by atoms with Gasteiger partial charge in [-0.3, -0.25) is 0 Å². The molecule has 19 heavy (non-hydrogen) atoms. The van der Waals surface area contributed by atoms with Crippen molar-refractivity contribution in [1.29, 1.82) is 0 Å². The van der Waals surface area contributed by atoms with Crippen LogP contribution in [0.15, 0.2) is 24.4 Å². The van der Waals surface area contributed by atoms with Gasteiger partial charge in [-0.1, -0.05) is 12.8 Å². The summed E-state index contributed by atoms with van der Waals surface area (Å²) in [4.78, 5) is 3.38. The van der Waals surface area contributed by atoms with Gasteiger partial charge in [0.25, 0.3) is 0 Å². The van der Waals surface area contributed by atoms with Crippen LogP contribution in [0.1, 0.15) is 38.2 Å². The van der Waals surface area contributed by atoms with Gasteiger partial charge in [0.15, 0.2) is 0 Å². The molecule has 0 aliphatic heterocycles. The van der Waals surface area contributed by atoms with E-state index >= 15 is 0 Å². The Hall–Kier alpha value is -1.48. The van der Waals surface area contributed by atoms with Crippen LogP contribution in [0.5, 0.6) is 5.75 Å². The van der Waals surface area contributed by atoms with Gasteiger partial charge in [-0.2, -0.15) is 0 Å². The first-order valence-corrected chi connectivity index (χ1v) is 7.23. The first-order valence-electron chi connectivity index (χ1n) is 7.23. The minimum atomic E-state index is 0.170. The summed E-state index contributed by atoms with van der Waals surface area (Å²) in [6.07, 6.45) is 7.13. The molecule has 0 saturated heterocycles. The Morgan fingerprint density at radius 1 is 1.32 bits per heavy atom. The fourth-order valence-electron chi connectivity index (χ4n) is 3.43. The summed E-state index contributed by atoms with van der Waals surface area (Å²) in [6.45, 7) is 3.45. The molecule has 3 N–H and O–H groups in total. The first-order chi connectivity index (χ1) is 9.29. The molecule has 1 saturated carbocycles. The van der Waals surface area contributed by atoms with Gasteiger partial charge in [0.05, 0.1) is 6.61 Å². The molecule has 2 aromatic rings. The second-order valence-electron chi connectivity index (χ2n) is 5.53. The lowest BCUT2D eigenvalue weighted by Gasteiger charge is -2.27. The lowest BCUT2D eigenvalue weighted by Crippen LogP contribution is -2.31. The molecule has 1 fully saturated rings. The molecule has 0 amide bonds. The highest BCUT2D eigenvalue weighted by Gasteiger charge is 2.36. The molecule has 0 radical (unpaired) electrons. The number of fused-ring (bicyclic) bond motifs is 1. The summed E-state index contributed by atoms with van der Waals surface area (Å²) in [6, 6.07) is 6.28. The standard InChI is InChI=1S/C16H22N2O/c1-2-19-12-5-6-15-13(9-12)14(10-18-15)16(11-17)7-3-4-8-16/h5-6,9-10,18H,2-4,7-8,11,17H2,1H3. The van der Waals surface area contributed by atoms with Crippen LogP contribution in [0.3, 0.4) is 0 Å². The van der Waals surface area contributed by atoms with Gasteiger partial charge in [0, 0.05) is 29.1 Å². The molecule has 1 heterocycles. The summed E-state index contributed by atoms with van der Waals surface area (Å²) < 4.78 is 5.62. The summed E-state index contributed by atoms with van der Waals surface area (Å²) >= 11 is 0. The van der Waals surface area contributed by atoms with Crippen LogP contribution in [0, 0.1) is 0 Å². The quantitative estimate of drug-likeness (QED) is 0.883. The molecule has 3 heteroatoms. The van der Waals surface area contributed by atoms with Crippen molar-refractivity contribution in [1.82, 2.24) is 4.98 Å². The zero-order chi connectivity index (χ0) is 13.3. The predicted molar refractivity (Wildman–Crippen MR) is 78.7 cm³/mol. The van der Waals surface area contributed by atoms with Gasteiger partial charge >= 0.3 is 0 Å². The second kappa shape index (κ2) is 4.89. The smallest absolute Gasteiger partial charge is 0.120 e. The van der Waals surface area contributed by atoms with E-state index in [2.05, 4.69) is 23.3 Å². The minimum Gasteiger partial charge on any atom is -0.494 e. The van der Waals surface area contributed by atoms with Crippen molar-refractivity contribution in [2.24, 2.45) is 5.73 Å². The van der Waals surface area contributed by atoms with Gasteiger partial charge in [-0.05, 0) is 43.5 Å². The molecule has 0 bridgehead atoms.